The van der Waals surface area contributed by atoms with E-state index in [0.29, 0.717) is 49.5 Å². The molecule has 3 heterocycles. The fourth-order valence-electron chi connectivity index (χ4n) is 4.74. The first-order chi connectivity index (χ1) is 17.9. The number of benzene rings is 1. The standard InChI is InChI=1S/C26H34Cl2N6O2S/c1-3-4-9-24(35)34-15-14-33(17-19(34)2)23-16-22(28)29-26(30-23)37-18-25(36)32-12-10-31(11-13-32)21-8-6-5-7-20(21)27/h5-8,16,19H,3-4,9-15,17-18H2,1-2H3. The van der Waals surface area contributed by atoms with E-state index < -0.39 is 0 Å². The van der Waals surface area contributed by atoms with Crippen molar-refractivity contribution >= 4 is 58.3 Å². The Hall–Kier alpha value is -2.23. The van der Waals surface area contributed by atoms with Crippen molar-refractivity contribution in [1.29, 1.82) is 0 Å². The summed E-state index contributed by atoms with van der Waals surface area (Å²) in [5.41, 5.74) is 1.01. The van der Waals surface area contributed by atoms with Gasteiger partial charge in [-0.1, -0.05) is 60.4 Å². The number of hydrogen-bond acceptors (Lipinski definition) is 7. The number of aromatic nitrogens is 2. The third-order valence-corrected chi connectivity index (χ3v) is 8.17. The molecule has 11 heteroatoms. The molecule has 0 aliphatic carbocycles. The van der Waals surface area contributed by atoms with Crippen LogP contribution in [0.4, 0.5) is 11.5 Å². The average Bonchev–Trinajstić information content (AvgIpc) is 2.90. The molecule has 0 spiro atoms. The predicted molar refractivity (Wildman–Crippen MR) is 151 cm³/mol. The number of rotatable bonds is 8. The molecule has 0 saturated carbocycles. The summed E-state index contributed by atoms with van der Waals surface area (Å²) in [6, 6.07) is 9.63. The number of hydrogen-bond donors (Lipinski definition) is 0. The van der Waals surface area contributed by atoms with Crippen LogP contribution in [-0.4, -0.2) is 89.2 Å². The van der Waals surface area contributed by atoms with Gasteiger partial charge in [0, 0.05) is 64.3 Å². The highest BCUT2D eigenvalue weighted by Crippen LogP contribution is 2.27. The molecule has 2 aliphatic rings. The molecule has 2 amide bonds. The first-order valence-electron chi connectivity index (χ1n) is 12.8. The van der Waals surface area contributed by atoms with Crippen molar-refractivity contribution in [3.63, 3.8) is 0 Å². The first kappa shape index (κ1) is 27.8. The largest absolute Gasteiger partial charge is 0.367 e. The summed E-state index contributed by atoms with van der Waals surface area (Å²) in [4.78, 5) is 42.6. The minimum absolute atomic E-state index is 0.0572. The quantitative estimate of drug-likeness (QED) is 0.266. The molecule has 2 aliphatic heterocycles. The van der Waals surface area contributed by atoms with Gasteiger partial charge in [-0.3, -0.25) is 9.59 Å². The van der Waals surface area contributed by atoms with Crippen molar-refractivity contribution in [2.24, 2.45) is 0 Å². The number of thioether (sulfide) groups is 1. The van der Waals surface area contributed by atoms with Gasteiger partial charge in [0.2, 0.25) is 11.8 Å². The van der Waals surface area contributed by atoms with Crippen LogP contribution in [0, 0.1) is 0 Å². The van der Waals surface area contributed by atoms with Crippen molar-refractivity contribution in [3.05, 3.63) is 40.5 Å². The van der Waals surface area contributed by atoms with Crippen LogP contribution in [0.3, 0.4) is 0 Å². The number of amides is 2. The van der Waals surface area contributed by atoms with Crippen LogP contribution in [0.25, 0.3) is 0 Å². The number of para-hydroxylation sites is 1. The Labute approximate surface area is 233 Å². The highest BCUT2D eigenvalue weighted by molar-refractivity contribution is 7.99. The number of anilines is 2. The van der Waals surface area contributed by atoms with E-state index >= 15 is 0 Å². The number of halogens is 2. The zero-order valence-electron chi connectivity index (χ0n) is 21.4. The second-order valence-corrected chi connectivity index (χ2v) is 11.2. The highest BCUT2D eigenvalue weighted by Gasteiger charge is 2.28. The van der Waals surface area contributed by atoms with Gasteiger partial charge in [0.1, 0.15) is 11.0 Å². The normalized spacial score (nSPS) is 18.3. The molecule has 2 saturated heterocycles. The van der Waals surface area contributed by atoms with E-state index in [1.807, 2.05) is 34.1 Å². The molecule has 1 unspecified atom stereocenters. The fourth-order valence-corrected chi connectivity index (χ4v) is 5.98. The average molecular weight is 566 g/mol. The van der Waals surface area contributed by atoms with E-state index in [9.17, 15) is 9.59 Å². The maximum Gasteiger partial charge on any atom is 0.233 e. The molecule has 8 nitrogen and oxygen atoms in total. The Bertz CT molecular complexity index is 1100. The van der Waals surface area contributed by atoms with Crippen molar-refractivity contribution in [2.45, 2.75) is 44.3 Å². The van der Waals surface area contributed by atoms with Crippen LogP contribution in [0.5, 0.6) is 0 Å². The van der Waals surface area contributed by atoms with Crippen LogP contribution in [0.15, 0.2) is 35.5 Å². The van der Waals surface area contributed by atoms with Gasteiger partial charge in [-0.25, -0.2) is 9.97 Å². The Morgan fingerprint density at radius 3 is 2.43 bits per heavy atom. The zero-order valence-corrected chi connectivity index (χ0v) is 23.7. The SMILES string of the molecule is CCCCC(=O)N1CCN(c2cc(Cl)nc(SCC(=O)N3CCN(c4ccccc4Cl)CC3)n2)CC1C. The minimum atomic E-state index is 0.0572. The van der Waals surface area contributed by atoms with Gasteiger partial charge in [-0.05, 0) is 25.5 Å². The van der Waals surface area contributed by atoms with Crippen LogP contribution < -0.4 is 9.80 Å². The van der Waals surface area contributed by atoms with Crippen molar-refractivity contribution in [3.8, 4) is 0 Å². The predicted octanol–water partition coefficient (Wildman–Crippen LogP) is 4.45. The van der Waals surface area contributed by atoms with E-state index in [2.05, 4.69) is 33.6 Å². The summed E-state index contributed by atoms with van der Waals surface area (Å²) >= 11 is 14.0. The molecule has 1 aromatic carbocycles. The van der Waals surface area contributed by atoms with Crippen LogP contribution >= 0.6 is 35.0 Å². The summed E-state index contributed by atoms with van der Waals surface area (Å²) in [7, 11) is 0. The van der Waals surface area contributed by atoms with Crippen molar-refractivity contribution in [1.82, 2.24) is 19.8 Å². The molecule has 1 atom stereocenters. The number of carbonyl (C=O) groups is 2. The van der Waals surface area contributed by atoms with Gasteiger partial charge in [0.25, 0.3) is 0 Å². The van der Waals surface area contributed by atoms with E-state index in [1.54, 1.807) is 6.07 Å². The van der Waals surface area contributed by atoms with Gasteiger partial charge in [-0.2, -0.15) is 0 Å². The number of nitrogens with zero attached hydrogens (tertiary/aromatic N) is 6. The molecule has 0 radical (unpaired) electrons. The van der Waals surface area contributed by atoms with Gasteiger partial charge < -0.3 is 19.6 Å². The van der Waals surface area contributed by atoms with Crippen LogP contribution in [0.2, 0.25) is 10.2 Å². The third kappa shape index (κ3) is 7.21. The van der Waals surface area contributed by atoms with Gasteiger partial charge >= 0.3 is 0 Å². The van der Waals surface area contributed by atoms with E-state index in [0.717, 1.165) is 42.5 Å². The number of unbranched alkanes of at least 4 members (excludes halogenated alkanes) is 1. The second-order valence-electron chi connectivity index (χ2n) is 9.43. The highest BCUT2D eigenvalue weighted by atomic mass is 35.5. The van der Waals surface area contributed by atoms with E-state index in [4.69, 9.17) is 23.2 Å². The molecule has 2 aromatic rings. The molecule has 37 heavy (non-hydrogen) atoms. The number of piperazine rings is 2. The maximum absolute atomic E-state index is 12.9. The van der Waals surface area contributed by atoms with E-state index in [1.165, 1.54) is 11.8 Å². The minimum Gasteiger partial charge on any atom is -0.367 e. The van der Waals surface area contributed by atoms with Gasteiger partial charge in [0.05, 0.1) is 16.5 Å². The lowest BCUT2D eigenvalue weighted by atomic mass is 10.1. The maximum atomic E-state index is 12.9. The van der Waals surface area contributed by atoms with Gasteiger partial charge in [0.15, 0.2) is 5.16 Å². The van der Waals surface area contributed by atoms with E-state index in [-0.39, 0.29) is 23.6 Å². The third-order valence-electron chi connectivity index (χ3n) is 6.83. The molecule has 2 fully saturated rings. The molecular weight excluding hydrogens is 531 g/mol. The number of carbonyl (C=O) groups excluding carboxylic acids is 2. The molecule has 200 valence electrons. The van der Waals surface area contributed by atoms with Crippen molar-refractivity contribution in [2.75, 3.05) is 61.4 Å². The summed E-state index contributed by atoms with van der Waals surface area (Å²) in [6.07, 6.45) is 2.54. The lowest BCUT2D eigenvalue weighted by molar-refractivity contribution is -0.133. The molecular formula is C26H34Cl2N6O2S. The Morgan fingerprint density at radius 2 is 1.73 bits per heavy atom. The molecule has 0 bridgehead atoms. The molecule has 1 aromatic heterocycles. The van der Waals surface area contributed by atoms with Crippen LogP contribution in [0.1, 0.15) is 33.1 Å². The Balaban J connectivity index is 1.29. The van der Waals surface area contributed by atoms with Crippen LogP contribution in [-0.2, 0) is 9.59 Å². The Kier molecular flexibility index (Phi) is 9.78. The lowest BCUT2D eigenvalue weighted by Gasteiger charge is -2.40. The summed E-state index contributed by atoms with van der Waals surface area (Å²) in [6.45, 7) is 8.96. The zero-order chi connectivity index (χ0) is 26.4. The monoisotopic (exact) mass is 564 g/mol. The molecule has 4 rings (SSSR count). The lowest BCUT2D eigenvalue weighted by Crippen LogP contribution is -2.54. The first-order valence-corrected chi connectivity index (χ1v) is 14.6. The Morgan fingerprint density at radius 1 is 1.00 bits per heavy atom. The fraction of sp³-hybridized carbons (Fsp3) is 0.538. The van der Waals surface area contributed by atoms with Crippen molar-refractivity contribution < 1.29 is 9.59 Å². The second kappa shape index (κ2) is 13.0. The summed E-state index contributed by atoms with van der Waals surface area (Å²) in [5, 5.41) is 1.56. The molecule has 0 N–H and O–H groups in total. The summed E-state index contributed by atoms with van der Waals surface area (Å²) < 4.78 is 0. The summed E-state index contributed by atoms with van der Waals surface area (Å²) in [5.74, 6) is 1.26. The topological polar surface area (TPSA) is 72.9 Å². The van der Waals surface area contributed by atoms with Gasteiger partial charge in [-0.15, -0.1) is 0 Å². The smallest absolute Gasteiger partial charge is 0.233 e.